The number of anilines is 1. The van der Waals surface area contributed by atoms with Crippen molar-refractivity contribution in [2.24, 2.45) is 5.92 Å². The molecule has 1 saturated heterocycles. The number of ether oxygens (including phenoxy) is 1. The summed E-state index contributed by atoms with van der Waals surface area (Å²) in [6.07, 6.45) is 6.87. The van der Waals surface area contributed by atoms with E-state index in [0.29, 0.717) is 44.1 Å². The molecule has 7 nitrogen and oxygen atoms in total. The third-order valence-corrected chi connectivity index (χ3v) is 7.60. The van der Waals surface area contributed by atoms with Crippen LogP contribution in [-0.4, -0.2) is 52.1 Å². The normalized spacial score (nSPS) is 21.5. The Morgan fingerprint density at radius 1 is 1.29 bits per heavy atom. The number of pyridine rings is 2. The number of piperazine rings is 1. The predicted octanol–water partition coefficient (Wildman–Crippen LogP) is 3.99. The first-order valence-corrected chi connectivity index (χ1v) is 12.8. The third kappa shape index (κ3) is 4.77. The van der Waals surface area contributed by atoms with Gasteiger partial charge < -0.3 is 14.5 Å². The second-order valence-corrected chi connectivity index (χ2v) is 11.1. The third-order valence-electron chi connectivity index (χ3n) is 7.60. The second-order valence-electron chi connectivity index (χ2n) is 11.1. The number of amides is 1. The summed E-state index contributed by atoms with van der Waals surface area (Å²) in [6.45, 7) is 11.0. The summed E-state index contributed by atoms with van der Waals surface area (Å²) in [5, 5.41) is 10.3. The van der Waals surface area contributed by atoms with E-state index in [1.807, 2.05) is 17.0 Å². The number of carbonyl (C=O) groups is 1. The van der Waals surface area contributed by atoms with Gasteiger partial charge in [0.2, 0.25) is 5.91 Å². The van der Waals surface area contributed by atoms with Crippen LogP contribution >= 0.6 is 0 Å². The van der Waals surface area contributed by atoms with E-state index >= 15 is 0 Å². The molecule has 35 heavy (non-hydrogen) atoms. The zero-order chi connectivity index (χ0) is 24.7. The zero-order valence-electron chi connectivity index (χ0n) is 21.3. The molecule has 5 rings (SSSR count). The number of hydrogen-bond acceptors (Lipinski definition) is 6. The Bertz CT molecular complexity index is 1150. The van der Waals surface area contributed by atoms with Gasteiger partial charge in [-0.1, -0.05) is 19.9 Å². The van der Waals surface area contributed by atoms with Gasteiger partial charge in [0.15, 0.2) is 0 Å². The van der Waals surface area contributed by atoms with Crippen LogP contribution in [0.2, 0.25) is 0 Å². The molecule has 1 atom stereocenters. The van der Waals surface area contributed by atoms with Gasteiger partial charge in [-0.2, -0.15) is 5.26 Å². The molecule has 2 aromatic heterocycles. The Morgan fingerprint density at radius 3 is 2.74 bits per heavy atom. The van der Waals surface area contributed by atoms with Crippen molar-refractivity contribution in [1.82, 2.24) is 14.9 Å². The molecule has 3 aliphatic rings. The quantitative estimate of drug-likeness (QED) is 0.653. The first-order chi connectivity index (χ1) is 16.8. The Morgan fingerprint density at radius 2 is 2.09 bits per heavy atom. The molecule has 0 bridgehead atoms. The number of hydrogen-bond donors (Lipinski definition) is 0. The first kappa shape index (κ1) is 23.7. The van der Waals surface area contributed by atoms with E-state index in [4.69, 9.17) is 9.72 Å². The predicted molar refractivity (Wildman–Crippen MR) is 134 cm³/mol. The molecule has 0 radical (unpaired) electrons. The highest BCUT2D eigenvalue weighted by molar-refractivity contribution is 5.79. The van der Waals surface area contributed by atoms with Crippen LogP contribution in [0.25, 0.3) is 0 Å². The molecule has 0 N–H and O–H groups in total. The van der Waals surface area contributed by atoms with Crippen molar-refractivity contribution >= 4 is 11.7 Å². The van der Waals surface area contributed by atoms with E-state index in [9.17, 15) is 10.1 Å². The summed E-state index contributed by atoms with van der Waals surface area (Å²) in [5.74, 6) is 1.70. The highest BCUT2D eigenvalue weighted by atomic mass is 16.5. The molecule has 0 unspecified atom stereocenters. The summed E-state index contributed by atoms with van der Waals surface area (Å²) in [5.41, 5.74) is 4.71. The Kier molecular flexibility index (Phi) is 6.27. The van der Waals surface area contributed by atoms with Gasteiger partial charge in [0, 0.05) is 49.9 Å². The molecular weight excluding hydrogens is 438 g/mol. The van der Waals surface area contributed by atoms with Gasteiger partial charge in [-0.3, -0.25) is 9.78 Å². The van der Waals surface area contributed by atoms with E-state index in [1.165, 1.54) is 0 Å². The van der Waals surface area contributed by atoms with Crippen molar-refractivity contribution in [2.45, 2.75) is 77.5 Å². The average molecular weight is 474 g/mol. The summed E-state index contributed by atoms with van der Waals surface area (Å²) < 4.78 is 6.12. The van der Waals surface area contributed by atoms with Crippen LogP contribution in [0.1, 0.15) is 74.4 Å². The monoisotopic (exact) mass is 473 g/mol. The van der Waals surface area contributed by atoms with E-state index in [0.717, 1.165) is 47.5 Å². The Balaban J connectivity index is 1.45. The fourth-order valence-electron chi connectivity index (χ4n) is 5.48. The molecule has 2 fully saturated rings. The van der Waals surface area contributed by atoms with E-state index in [-0.39, 0.29) is 23.5 Å². The van der Waals surface area contributed by atoms with Gasteiger partial charge in [0.1, 0.15) is 11.9 Å². The van der Waals surface area contributed by atoms with Crippen molar-refractivity contribution in [1.29, 1.82) is 5.26 Å². The number of nitrogens with zero attached hydrogens (tertiary/aromatic N) is 5. The van der Waals surface area contributed by atoms with Crippen LogP contribution in [0, 0.1) is 17.2 Å². The maximum absolute atomic E-state index is 13.3. The summed E-state index contributed by atoms with van der Waals surface area (Å²) >= 11 is 0. The lowest BCUT2D eigenvalue weighted by Gasteiger charge is -2.44. The fraction of sp³-hybridized carbons (Fsp3) is 0.571. The average Bonchev–Trinajstić information content (AvgIpc) is 3.68. The molecule has 7 heteroatoms. The van der Waals surface area contributed by atoms with Crippen LogP contribution in [0.5, 0.6) is 0 Å². The van der Waals surface area contributed by atoms with E-state index < -0.39 is 0 Å². The smallest absolute Gasteiger partial charge is 0.227 e. The second kappa shape index (κ2) is 9.23. The minimum absolute atomic E-state index is 0.0569. The van der Waals surface area contributed by atoms with Crippen molar-refractivity contribution in [3.63, 3.8) is 0 Å². The van der Waals surface area contributed by atoms with Crippen LogP contribution in [0.15, 0.2) is 24.5 Å². The molecule has 0 aromatic carbocycles. The fourth-order valence-corrected chi connectivity index (χ4v) is 5.48. The van der Waals surface area contributed by atoms with Crippen molar-refractivity contribution in [2.75, 3.05) is 24.5 Å². The van der Waals surface area contributed by atoms with Gasteiger partial charge in [-0.15, -0.1) is 0 Å². The molecule has 1 amide bonds. The van der Waals surface area contributed by atoms with Crippen molar-refractivity contribution in [3.8, 4) is 6.07 Å². The molecule has 2 aliphatic heterocycles. The molecule has 2 aromatic rings. The lowest BCUT2D eigenvalue weighted by atomic mass is 9.87. The maximum atomic E-state index is 13.3. The lowest BCUT2D eigenvalue weighted by molar-refractivity contribution is -0.134. The molecule has 1 saturated carbocycles. The van der Waals surface area contributed by atoms with Crippen LogP contribution in [0.3, 0.4) is 0 Å². The first-order valence-electron chi connectivity index (χ1n) is 12.8. The largest absolute Gasteiger partial charge is 0.370 e. The zero-order valence-corrected chi connectivity index (χ0v) is 21.3. The van der Waals surface area contributed by atoms with Crippen LogP contribution in [-0.2, 0) is 29.0 Å². The number of fused-ring (bicyclic) bond motifs is 1. The van der Waals surface area contributed by atoms with Gasteiger partial charge >= 0.3 is 0 Å². The highest BCUT2D eigenvalue weighted by Gasteiger charge is 2.39. The van der Waals surface area contributed by atoms with Gasteiger partial charge in [0.05, 0.1) is 35.9 Å². The van der Waals surface area contributed by atoms with Crippen LogP contribution in [0.4, 0.5) is 5.82 Å². The van der Waals surface area contributed by atoms with Crippen LogP contribution < -0.4 is 4.90 Å². The van der Waals surface area contributed by atoms with Crippen molar-refractivity contribution in [3.05, 3.63) is 52.5 Å². The number of aromatic nitrogens is 2. The summed E-state index contributed by atoms with van der Waals surface area (Å²) in [4.78, 5) is 26.8. The van der Waals surface area contributed by atoms with E-state index in [2.05, 4.69) is 43.6 Å². The number of rotatable bonds is 5. The topological polar surface area (TPSA) is 82.4 Å². The van der Waals surface area contributed by atoms with Crippen molar-refractivity contribution < 1.29 is 9.53 Å². The van der Waals surface area contributed by atoms with Gasteiger partial charge in [-0.25, -0.2) is 4.98 Å². The Hall–Kier alpha value is -2.98. The van der Waals surface area contributed by atoms with Gasteiger partial charge in [-0.05, 0) is 49.8 Å². The molecular formula is C28H35N5O2. The van der Waals surface area contributed by atoms with E-state index in [1.54, 1.807) is 12.4 Å². The number of carbonyl (C=O) groups excluding carboxylic acids is 1. The standard InChI is InChI=1S/C28H35N5O2/c1-18(2)24-16-32(10-11-33(24)25(34)12-19-6-5-9-30-15-19)27-22(14-29)21-13-28(3,4)35-17-23(21)26(31-27)20-7-8-20/h5-6,9,15,18,20,24H,7-8,10-13,16-17H2,1-4H3/t24-/m0/s1. The molecule has 184 valence electrons. The number of nitriles is 1. The maximum Gasteiger partial charge on any atom is 0.227 e. The SMILES string of the molecule is CC(C)[C@@H]1CN(c2nc(C3CC3)c3c(c2C#N)CC(C)(C)OC3)CCN1C(=O)Cc1cccnc1. The Labute approximate surface area is 208 Å². The molecule has 1 aliphatic carbocycles. The summed E-state index contributed by atoms with van der Waals surface area (Å²) in [6, 6.07) is 6.39. The molecule has 4 heterocycles. The van der Waals surface area contributed by atoms with Gasteiger partial charge in [0.25, 0.3) is 0 Å². The lowest BCUT2D eigenvalue weighted by Crippen LogP contribution is -2.58. The minimum Gasteiger partial charge on any atom is -0.370 e. The summed E-state index contributed by atoms with van der Waals surface area (Å²) in [7, 11) is 0. The minimum atomic E-state index is -0.296. The molecule has 0 spiro atoms. The highest BCUT2D eigenvalue weighted by Crippen LogP contribution is 2.46.